The third-order valence-electron chi connectivity index (χ3n) is 6.46. The largest absolute Gasteiger partial charge is 0.368 e. The van der Waals surface area contributed by atoms with Crippen LogP contribution < -0.4 is 5.56 Å². The van der Waals surface area contributed by atoms with Gasteiger partial charge in [-0.25, -0.2) is 4.39 Å². The van der Waals surface area contributed by atoms with Gasteiger partial charge in [0.05, 0.1) is 6.54 Å². The zero-order valence-electron chi connectivity index (χ0n) is 20.7. The molecule has 188 valence electrons. The quantitative estimate of drug-likeness (QED) is 0.203. The van der Waals surface area contributed by atoms with E-state index in [4.69, 9.17) is 4.84 Å². The van der Waals surface area contributed by atoms with Crippen molar-refractivity contribution in [1.82, 2.24) is 14.5 Å². The molecule has 6 nitrogen and oxygen atoms in total. The van der Waals surface area contributed by atoms with Crippen molar-refractivity contribution < 1.29 is 9.23 Å². The van der Waals surface area contributed by atoms with Crippen molar-refractivity contribution in [3.63, 3.8) is 0 Å². The number of rotatable bonds is 12. The fourth-order valence-corrected chi connectivity index (χ4v) is 5.45. The van der Waals surface area contributed by atoms with Crippen LogP contribution in [0, 0.1) is 5.82 Å². The van der Waals surface area contributed by atoms with E-state index in [-0.39, 0.29) is 17.6 Å². The summed E-state index contributed by atoms with van der Waals surface area (Å²) in [6.07, 6.45) is 13.2. The molecule has 2 aliphatic rings. The molecule has 8 heteroatoms. The number of thioether (sulfide) groups is 1. The first-order chi connectivity index (χ1) is 17.1. The Bertz CT molecular complexity index is 1110. The van der Waals surface area contributed by atoms with Crippen molar-refractivity contribution in [2.24, 2.45) is 5.16 Å². The van der Waals surface area contributed by atoms with Crippen molar-refractivity contribution >= 4 is 17.6 Å². The van der Waals surface area contributed by atoms with Gasteiger partial charge < -0.3 is 9.40 Å². The summed E-state index contributed by atoms with van der Waals surface area (Å²) in [6, 6.07) is 6.47. The molecule has 1 aromatic heterocycles. The molecule has 0 radical (unpaired) electrons. The number of fused-ring (bicyclic) bond motifs is 1. The number of hydrogen-bond acceptors (Lipinski definition) is 6. The maximum absolute atomic E-state index is 13.3. The summed E-state index contributed by atoms with van der Waals surface area (Å²) < 4.78 is 15.5. The molecule has 0 fully saturated rings. The summed E-state index contributed by atoms with van der Waals surface area (Å²) in [5, 5.41) is 5.15. The summed E-state index contributed by atoms with van der Waals surface area (Å²) in [4.78, 5) is 25.2. The van der Waals surface area contributed by atoms with E-state index in [1.807, 2.05) is 0 Å². The van der Waals surface area contributed by atoms with E-state index in [0.717, 1.165) is 80.4 Å². The van der Waals surface area contributed by atoms with Gasteiger partial charge in [-0.15, -0.1) is 0 Å². The van der Waals surface area contributed by atoms with Gasteiger partial charge in [-0.2, -0.15) is 4.98 Å². The van der Waals surface area contributed by atoms with Gasteiger partial charge in [0.2, 0.25) is 6.23 Å². The highest BCUT2D eigenvalue weighted by atomic mass is 32.2. The monoisotopic (exact) mass is 498 g/mol. The molecule has 4 rings (SSSR count). The van der Waals surface area contributed by atoms with Gasteiger partial charge >= 0.3 is 0 Å². The number of oxime groups is 1. The second-order valence-electron chi connectivity index (χ2n) is 9.12. The maximum atomic E-state index is 13.3. The van der Waals surface area contributed by atoms with Gasteiger partial charge in [0.1, 0.15) is 5.82 Å². The van der Waals surface area contributed by atoms with Crippen molar-refractivity contribution in [1.29, 1.82) is 0 Å². The molecule has 1 aliphatic carbocycles. The van der Waals surface area contributed by atoms with E-state index in [2.05, 4.69) is 45.7 Å². The van der Waals surface area contributed by atoms with Crippen LogP contribution in [0.5, 0.6) is 0 Å². The molecule has 0 saturated heterocycles. The van der Waals surface area contributed by atoms with E-state index < -0.39 is 0 Å². The Balaban J connectivity index is 1.59. The lowest BCUT2D eigenvalue weighted by Gasteiger charge is -2.23. The molecular formula is C27H35FN4O2S. The van der Waals surface area contributed by atoms with Gasteiger partial charge in [0, 0.05) is 29.6 Å². The highest BCUT2D eigenvalue weighted by molar-refractivity contribution is 7.98. The zero-order valence-corrected chi connectivity index (χ0v) is 21.5. The van der Waals surface area contributed by atoms with E-state index in [0.29, 0.717) is 17.5 Å². The van der Waals surface area contributed by atoms with Crippen LogP contribution in [0.15, 0.2) is 51.6 Å². The van der Waals surface area contributed by atoms with E-state index in [1.165, 1.54) is 23.9 Å². The Kier molecular flexibility index (Phi) is 9.01. The van der Waals surface area contributed by atoms with Crippen LogP contribution in [0.4, 0.5) is 4.39 Å². The summed E-state index contributed by atoms with van der Waals surface area (Å²) >= 11 is 1.51. The molecule has 35 heavy (non-hydrogen) atoms. The van der Waals surface area contributed by atoms with Crippen LogP contribution in [0.2, 0.25) is 0 Å². The number of hydrogen-bond donors (Lipinski definition) is 0. The fourth-order valence-electron chi connectivity index (χ4n) is 4.49. The lowest BCUT2D eigenvalue weighted by Crippen LogP contribution is -2.35. The van der Waals surface area contributed by atoms with Crippen LogP contribution in [0.25, 0.3) is 0 Å². The number of aromatic nitrogens is 2. The Labute approximate surface area is 211 Å². The molecule has 1 aromatic carbocycles. The van der Waals surface area contributed by atoms with Crippen LogP contribution >= 0.6 is 11.8 Å². The Morgan fingerprint density at radius 3 is 2.74 bits per heavy atom. The molecule has 0 saturated carbocycles. The Morgan fingerprint density at radius 1 is 1.17 bits per heavy atom. The van der Waals surface area contributed by atoms with Crippen molar-refractivity contribution in [2.75, 3.05) is 0 Å². The summed E-state index contributed by atoms with van der Waals surface area (Å²) in [5.41, 5.74) is 2.74. The van der Waals surface area contributed by atoms with Crippen LogP contribution in [-0.4, -0.2) is 26.5 Å². The Morgan fingerprint density at radius 2 is 1.97 bits per heavy atom. The first kappa shape index (κ1) is 25.5. The molecule has 1 unspecified atom stereocenters. The lowest BCUT2D eigenvalue weighted by molar-refractivity contribution is 0.0201. The van der Waals surface area contributed by atoms with Crippen LogP contribution in [0.3, 0.4) is 0 Å². The smallest absolute Gasteiger partial charge is 0.277 e. The standard InChI is InChI=1S/C27H35FN4O2S/c1-3-5-7-8-17-31-24(30-34-25(31)12-6-4-2)18-32-23-11-9-10-22(23)26(33)29-27(32)35-19-20-13-15-21(28)16-14-20/h8,13-17,25H,3-7,9-12,18-19H2,1-2H3/b17-8+. The molecule has 0 amide bonds. The van der Waals surface area contributed by atoms with Crippen LogP contribution in [-0.2, 0) is 30.0 Å². The predicted octanol–water partition coefficient (Wildman–Crippen LogP) is 6.03. The van der Waals surface area contributed by atoms with E-state index >= 15 is 0 Å². The molecule has 2 aromatic rings. The van der Waals surface area contributed by atoms with Gasteiger partial charge in [-0.1, -0.05) is 68.2 Å². The molecule has 2 heterocycles. The number of benzene rings is 1. The Hall–Kier alpha value is -2.61. The van der Waals surface area contributed by atoms with Crippen molar-refractivity contribution in [3.8, 4) is 0 Å². The van der Waals surface area contributed by atoms with Gasteiger partial charge in [0.15, 0.2) is 11.0 Å². The first-order valence-corrected chi connectivity index (χ1v) is 13.8. The summed E-state index contributed by atoms with van der Waals surface area (Å²) in [6.45, 7) is 4.87. The molecular weight excluding hydrogens is 463 g/mol. The highest BCUT2D eigenvalue weighted by Crippen LogP contribution is 2.28. The second-order valence-corrected chi connectivity index (χ2v) is 10.1. The van der Waals surface area contributed by atoms with E-state index in [1.54, 1.807) is 12.1 Å². The van der Waals surface area contributed by atoms with Gasteiger partial charge in [0.25, 0.3) is 5.56 Å². The molecule has 1 aliphatic heterocycles. The zero-order chi connectivity index (χ0) is 24.6. The third kappa shape index (κ3) is 6.34. The lowest BCUT2D eigenvalue weighted by atomic mass is 10.2. The minimum atomic E-state index is -0.254. The number of amidine groups is 1. The van der Waals surface area contributed by atoms with Gasteiger partial charge in [-0.3, -0.25) is 9.69 Å². The fraction of sp³-hybridized carbons (Fsp3) is 0.519. The highest BCUT2D eigenvalue weighted by Gasteiger charge is 2.30. The molecule has 1 atom stereocenters. The van der Waals surface area contributed by atoms with Crippen molar-refractivity contribution in [3.05, 3.63) is 69.5 Å². The number of nitrogens with zero attached hydrogens (tertiary/aromatic N) is 4. The maximum Gasteiger partial charge on any atom is 0.277 e. The van der Waals surface area contributed by atoms with E-state index in [9.17, 15) is 9.18 Å². The molecule has 0 bridgehead atoms. The number of unbranched alkanes of at least 4 members (excludes halogenated alkanes) is 3. The number of allylic oxidation sites excluding steroid dienone is 1. The average molecular weight is 499 g/mol. The second kappa shape index (κ2) is 12.4. The molecule has 0 spiro atoms. The first-order valence-electron chi connectivity index (χ1n) is 12.8. The van der Waals surface area contributed by atoms with Crippen LogP contribution in [0.1, 0.15) is 75.6 Å². The minimum Gasteiger partial charge on any atom is -0.368 e. The SMILES string of the molecule is CCCC/C=C/N1C(Cn2c(SCc3ccc(F)cc3)nc(=O)c3c2CCC3)=NOC1CCCC. The van der Waals surface area contributed by atoms with Gasteiger partial charge in [-0.05, 0) is 49.8 Å². The summed E-state index contributed by atoms with van der Waals surface area (Å²) in [5.74, 6) is 1.19. The summed E-state index contributed by atoms with van der Waals surface area (Å²) in [7, 11) is 0. The third-order valence-corrected chi connectivity index (χ3v) is 7.51. The predicted molar refractivity (Wildman–Crippen MR) is 139 cm³/mol. The minimum absolute atomic E-state index is 0.0986. The normalized spacial score (nSPS) is 17.2. The van der Waals surface area contributed by atoms with Crippen molar-refractivity contribution in [2.45, 2.75) is 95.3 Å². The number of halogens is 1. The topological polar surface area (TPSA) is 59.7 Å². The average Bonchev–Trinajstić information content (AvgIpc) is 3.50. The molecule has 0 N–H and O–H groups in total.